The number of hydrogen-bond donors (Lipinski definition) is 1. The van der Waals surface area contributed by atoms with Crippen LogP contribution in [0, 0.1) is 29.1 Å². The fourth-order valence-corrected chi connectivity index (χ4v) is 2.00. The van der Waals surface area contributed by atoms with Gasteiger partial charge < -0.3 is 4.90 Å². The third kappa shape index (κ3) is 5.51. The van der Waals surface area contributed by atoms with Crippen molar-refractivity contribution in [3.05, 3.63) is 0 Å². The average molecular weight is 214 g/mol. The molecule has 0 rings (SSSR count). The second kappa shape index (κ2) is 7.14. The summed E-state index contributed by atoms with van der Waals surface area (Å²) in [5.74, 6) is 2.32. The van der Waals surface area contributed by atoms with Crippen molar-refractivity contribution in [2.24, 2.45) is 17.8 Å². The highest BCUT2D eigenvalue weighted by molar-refractivity contribution is 7.80. The molecular weight excluding hydrogens is 192 g/mol. The van der Waals surface area contributed by atoms with Gasteiger partial charge in [0, 0.05) is 13.1 Å². The van der Waals surface area contributed by atoms with Crippen molar-refractivity contribution in [1.82, 2.24) is 4.90 Å². The molecule has 82 valence electrons. The smallest absolute Gasteiger partial charge is 0.0666 e. The Morgan fingerprint density at radius 1 is 1.29 bits per heavy atom. The Balaban J connectivity index is 3.91. The molecule has 0 amide bonds. The van der Waals surface area contributed by atoms with Crippen LogP contribution in [0.3, 0.4) is 0 Å². The third-order valence-corrected chi connectivity index (χ3v) is 3.00. The van der Waals surface area contributed by atoms with E-state index in [9.17, 15) is 0 Å². The lowest BCUT2D eigenvalue weighted by Gasteiger charge is -2.26. The molecule has 14 heavy (non-hydrogen) atoms. The van der Waals surface area contributed by atoms with E-state index in [-0.39, 0.29) is 5.92 Å². The van der Waals surface area contributed by atoms with Gasteiger partial charge in [0.25, 0.3) is 0 Å². The maximum absolute atomic E-state index is 8.69. The number of nitriles is 1. The van der Waals surface area contributed by atoms with Crippen LogP contribution in [-0.4, -0.2) is 30.8 Å². The summed E-state index contributed by atoms with van der Waals surface area (Å²) in [6, 6.07) is 2.26. The van der Waals surface area contributed by atoms with Crippen LogP contribution < -0.4 is 0 Å². The zero-order valence-corrected chi connectivity index (χ0v) is 10.6. The quantitative estimate of drug-likeness (QED) is 0.687. The molecule has 0 N–H and O–H groups in total. The van der Waals surface area contributed by atoms with Crippen LogP contribution in [0.5, 0.6) is 0 Å². The minimum Gasteiger partial charge on any atom is -0.305 e. The SMILES string of the molecule is CC(C#N)CN(C)CC(CS)C(C)C. The Kier molecular flexibility index (Phi) is 7.04. The number of hydrogen-bond acceptors (Lipinski definition) is 3. The van der Waals surface area contributed by atoms with Gasteiger partial charge in [-0.2, -0.15) is 17.9 Å². The molecule has 3 heteroatoms. The Labute approximate surface area is 93.7 Å². The van der Waals surface area contributed by atoms with Gasteiger partial charge in [0.15, 0.2) is 0 Å². The summed E-state index contributed by atoms with van der Waals surface area (Å²) in [6.45, 7) is 8.30. The van der Waals surface area contributed by atoms with Crippen molar-refractivity contribution in [2.45, 2.75) is 20.8 Å². The van der Waals surface area contributed by atoms with E-state index in [4.69, 9.17) is 5.26 Å². The Bertz CT molecular complexity index is 186. The molecule has 0 fully saturated rings. The summed E-state index contributed by atoms with van der Waals surface area (Å²) in [4.78, 5) is 2.23. The Hall–Kier alpha value is -0.200. The van der Waals surface area contributed by atoms with Gasteiger partial charge in [0.2, 0.25) is 0 Å². The minimum atomic E-state index is 0.118. The second-order valence-corrected chi connectivity index (χ2v) is 4.80. The minimum absolute atomic E-state index is 0.118. The first kappa shape index (κ1) is 13.8. The first-order chi connectivity index (χ1) is 6.51. The van der Waals surface area contributed by atoms with E-state index in [0.717, 1.165) is 18.8 Å². The van der Waals surface area contributed by atoms with Crippen LogP contribution in [0.25, 0.3) is 0 Å². The van der Waals surface area contributed by atoms with Crippen LogP contribution in [0.15, 0.2) is 0 Å². The van der Waals surface area contributed by atoms with Gasteiger partial charge in [-0.25, -0.2) is 0 Å². The zero-order valence-electron chi connectivity index (χ0n) is 9.70. The molecule has 0 aromatic rings. The monoisotopic (exact) mass is 214 g/mol. The van der Waals surface area contributed by atoms with Crippen molar-refractivity contribution >= 4 is 12.6 Å². The normalized spacial score (nSPS) is 15.6. The molecule has 0 aliphatic rings. The van der Waals surface area contributed by atoms with Crippen LogP contribution >= 0.6 is 12.6 Å². The first-order valence-corrected chi connectivity index (χ1v) is 5.83. The molecule has 0 aromatic heterocycles. The molecule has 2 atom stereocenters. The van der Waals surface area contributed by atoms with Crippen LogP contribution in [0.2, 0.25) is 0 Å². The standard InChI is InChI=1S/C11H22N2S/c1-9(2)11(8-14)7-13(4)6-10(3)5-12/h9-11,14H,6-8H2,1-4H3. The third-order valence-electron chi connectivity index (χ3n) is 2.53. The first-order valence-electron chi connectivity index (χ1n) is 5.20. The highest BCUT2D eigenvalue weighted by Crippen LogP contribution is 2.14. The number of thiol groups is 1. The summed E-state index contributed by atoms with van der Waals surface area (Å²) in [6.07, 6.45) is 0. The highest BCUT2D eigenvalue weighted by atomic mass is 32.1. The van der Waals surface area contributed by atoms with Crippen molar-refractivity contribution in [2.75, 3.05) is 25.9 Å². The van der Waals surface area contributed by atoms with E-state index >= 15 is 0 Å². The summed E-state index contributed by atoms with van der Waals surface area (Å²) in [5.41, 5.74) is 0. The molecule has 0 heterocycles. The van der Waals surface area contributed by atoms with E-state index in [1.54, 1.807) is 0 Å². The summed E-state index contributed by atoms with van der Waals surface area (Å²) in [5, 5.41) is 8.69. The highest BCUT2D eigenvalue weighted by Gasteiger charge is 2.15. The van der Waals surface area contributed by atoms with E-state index in [2.05, 4.69) is 44.5 Å². The lowest BCUT2D eigenvalue weighted by molar-refractivity contribution is 0.240. The fraction of sp³-hybridized carbons (Fsp3) is 0.909. The molecule has 0 aliphatic carbocycles. The predicted molar refractivity (Wildman–Crippen MR) is 64.5 cm³/mol. The maximum atomic E-state index is 8.69. The van der Waals surface area contributed by atoms with Gasteiger partial charge in [-0.3, -0.25) is 0 Å². The molecule has 0 bridgehead atoms. The van der Waals surface area contributed by atoms with Gasteiger partial charge in [-0.05, 0) is 31.6 Å². The molecule has 0 aliphatic heterocycles. The van der Waals surface area contributed by atoms with Crippen LogP contribution in [0.1, 0.15) is 20.8 Å². The van der Waals surface area contributed by atoms with Gasteiger partial charge in [0.05, 0.1) is 12.0 Å². The van der Waals surface area contributed by atoms with E-state index in [1.165, 1.54) is 0 Å². The summed E-state index contributed by atoms with van der Waals surface area (Å²) < 4.78 is 0. The van der Waals surface area contributed by atoms with Gasteiger partial charge in [0.1, 0.15) is 0 Å². The predicted octanol–water partition coefficient (Wildman–Crippen LogP) is 2.28. The van der Waals surface area contributed by atoms with Crippen molar-refractivity contribution in [3.63, 3.8) is 0 Å². The maximum Gasteiger partial charge on any atom is 0.0666 e. The Morgan fingerprint density at radius 2 is 1.86 bits per heavy atom. The number of rotatable bonds is 6. The molecular formula is C11H22N2S. The average Bonchev–Trinajstić information content (AvgIpc) is 2.13. The second-order valence-electron chi connectivity index (χ2n) is 4.44. The molecule has 0 saturated heterocycles. The molecule has 2 unspecified atom stereocenters. The van der Waals surface area contributed by atoms with Crippen LogP contribution in [-0.2, 0) is 0 Å². The molecule has 0 radical (unpaired) electrons. The fourth-order valence-electron chi connectivity index (χ4n) is 1.46. The molecule has 0 aromatic carbocycles. The number of nitrogens with zero attached hydrogens (tertiary/aromatic N) is 2. The van der Waals surface area contributed by atoms with Crippen molar-refractivity contribution < 1.29 is 0 Å². The van der Waals surface area contributed by atoms with Gasteiger partial charge in [-0.15, -0.1) is 0 Å². The molecule has 2 nitrogen and oxygen atoms in total. The summed E-state index contributed by atoms with van der Waals surface area (Å²) >= 11 is 4.35. The Morgan fingerprint density at radius 3 is 2.21 bits per heavy atom. The van der Waals surface area contributed by atoms with Crippen molar-refractivity contribution in [3.8, 4) is 6.07 Å². The van der Waals surface area contributed by atoms with E-state index < -0.39 is 0 Å². The van der Waals surface area contributed by atoms with Gasteiger partial charge in [-0.1, -0.05) is 13.8 Å². The largest absolute Gasteiger partial charge is 0.305 e. The van der Waals surface area contributed by atoms with Gasteiger partial charge >= 0.3 is 0 Å². The summed E-state index contributed by atoms with van der Waals surface area (Å²) in [7, 11) is 2.08. The van der Waals surface area contributed by atoms with E-state index in [1.807, 2.05) is 6.92 Å². The topological polar surface area (TPSA) is 27.0 Å². The van der Waals surface area contributed by atoms with Crippen LogP contribution in [0.4, 0.5) is 0 Å². The van der Waals surface area contributed by atoms with Crippen molar-refractivity contribution in [1.29, 1.82) is 5.26 Å². The molecule has 0 saturated carbocycles. The lowest BCUT2D eigenvalue weighted by Crippen LogP contribution is -2.32. The van der Waals surface area contributed by atoms with E-state index in [0.29, 0.717) is 11.8 Å². The zero-order chi connectivity index (χ0) is 11.1. The molecule has 0 spiro atoms. The lowest BCUT2D eigenvalue weighted by atomic mass is 9.97.